The summed E-state index contributed by atoms with van der Waals surface area (Å²) in [6, 6.07) is 14.0. The Morgan fingerprint density at radius 1 is 1.04 bits per heavy atom. The minimum Gasteiger partial charge on any atom is -0.348 e. The molecule has 0 saturated carbocycles. The normalized spacial score (nSPS) is 10.5. The van der Waals surface area contributed by atoms with Gasteiger partial charge in [-0.15, -0.1) is 10.2 Å². The van der Waals surface area contributed by atoms with Crippen LogP contribution in [0, 0.1) is 0 Å². The van der Waals surface area contributed by atoms with Gasteiger partial charge < -0.3 is 10.6 Å². The number of anilines is 1. The molecule has 0 radical (unpaired) electrons. The molecule has 0 unspecified atom stereocenters. The SMILES string of the molecule is CCCc1nnc(C(=O)Nc2ccc(C(=O)NCc3ccccc3Cl)cc2)s1. The molecule has 2 amide bonds. The smallest absolute Gasteiger partial charge is 0.286 e. The van der Waals surface area contributed by atoms with E-state index in [4.69, 9.17) is 11.6 Å². The van der Waals surface area contributed by atoms with E-state index in [1.54, 1.807) is 30.3 Å². The minimum absolute atomic E-state index is 0.217. The van der Waals surface area contributed by atoms with E-state index in [-0.39, 0.29) is 11.8 Å². The zero-order chi connectivity index (χ0) is 19.9. The third kappa shape index (κ3) is 5.15. The highest BCUT2D eigenvalue weighted by atomic mass is 35.5. The molecule has 8 heteroatoms. The first kappa shape index (κ1) is 20.0. The van der Waals surface area contributed by atoms with Crippen LogP contribution in [0.15, 0.2) is 48.5 Å². The lowest BCUT2D eigenvalue weighted by Crippen LogP contribution is -2.23. The monoisotopic (exact) mass is 414 g/mol. The molecule has 1 aromatic heterocycles. The molecule has 3 aromatic rings. The summed E-state index contributed by atoms with van der Waals surface area (Å²) in [6.45, 7) is 2.39. The number of hydrogen-bond donors (Lipinski definition) is 2. The summed E-state index contributed by atoms with van der Waals surface area (Å²) in [4.78, 5) is 24.5. The number of carbonyl (C=O) groups excluding carboxylic acids is 2. The van der Waals surface area contributed by atoms with Crippen molar-refractivity contribution in [1.82, 2.24) is 15.5 Å². The highest BCUT2D eigenvalue weighted by Gasteiger charge is 2.13. The summed E-state index contributed by atoms with van der Waals surface area (Å²) in [6.07, 6.45) is 1.76. The molecule has 0 bridgehead atoms. The Hall–Kier alpha value is -2.77. The zero-order valence-electron chi connectivity index (χ0n) is 15.2. The van der Waals surface area contributed by atoms with Gasteiger partial charge in [-0.25, -0.2) is 0 Å². The average Bonchev–Trinajstić information content (AvgIpc) is 3.17. The van der Waals surface area contributed by atoms with Gasteiger partial charge in [0, 0.05) is 29.2 Å². The number of nitrogens with one attached hydrogen (secondary N) is 2. The van der Waals surface area contributed by atoms with Crippen molar-refractivity contribution in [2.24, 2.45) is 0 Å². The lowest BCUT2D eigenvalue weighted by atomic mass is 10.1. The zero-order valence-corrected chi connectivity index (χ0v) is 16.8. The number of aryl methyl sites for hydroxylation is 1. The van der Waals surface area contributed by atoms with Crippen molar-refractivity contribution in [3.05, 3.63) is 74.7 Å². The van der Waals surface area contributed by atoms with E-state index < -0.39 is 0 Å². The van der Waals surface area contributed by atoms with Gasteiger partial charge in [0.2, 0.25) is 5.01 Å². The van der Waals surface area contributed by atoms with Crippen LogP contribution in [-0.2, 0) is 13.0 Å². The van der Waals surface area contributed by atoms with Crippen LogP contribution in [0.2, 0.25) is 5.02 Å². The lowest BCUT2D eigenvalue weighted by Gasteiger charge is -2.08. The molecule has 28 heavy (non-hydrogen) atoms. The fourth-order valence-corrected chi connectivity index (χ4v) is 3.51. The Bertz CT molecular complexity index is 972. The molecule has 0 aliphatic heterocycles. The van der Waals surface area contributed by atoms with E-state index >= 15 is 0 Å². The molecule has 0 atom stereocenters. The predicted molar refractivity (Wildman–Crippen MR) is 111 cm³/mol. The molecular weight excluding hydrogens is 396 g/mol. The summed E-state index contributed by atoms with van der Waals surface area (Å²) in [5, 5.41) is 15.3. The molecule has 0 spiro atoms. The third-order valence-electron chi connectivity index (χ3n) is 3.93. The summed E-state index contributed by atoms with van der Waals surface area (Å²) >= 11 is 7.38. The molecule has 0 fully saturated rings. The molecule has 3 rings (SSSR count). The molecule has 1 heterocycles. The molecule has 2 N–H and O–H groups in total. The maximum absolute atomic E-state index is 12.3. The van der Waals surface area contributed by atoms with Gasteiger partial charge >= 0.3 is 0 Å². The Balaban J connectivity index is 1.57. The summed E-state index contributed by atoms with van der Waals surface area (Å²) < 4.78 is 0. The van der Waals surface area contributed by atoms with Crippen molar-refractivity contribution in [3.8, 4) is 0 Å². The van der Waals surface area contributed by atoms with Gasteiger partial charge in [0.25, 0.3) is 11.8 Å². The van der Waals surface area contributed by atoms with Crippen LogP contribution in [0.5, 0.6) is 0 Å². The fourth-order valence-electron chi connectivity index (χ4n) is 2.47. The van der Waals surface area contributed by atoms with Gasteiger partial charge in [0.05, 0.1) is 0 Å². The van der Waals surface area contributed by atoms with Crippen LogP contribution in [0.25, 0.3) is 0 Å². The number of halogens is 1. The van der Waals surface area contributed by atoms with E-state index in [1.165, 1.54) is 11.3 Å². The van der Waals surface area contributed by atoms with Gasteiger partial charge in [0.1, 0.15) is 5.01 Å². The summed E-state index contributed by atoms with van der Waals surface area (Å²) in [7, 11) is 0. The van der Waals surface area contributed by atoms with Gasteiger partial charge in [0.15, 0.2) is 0 Å². The highest BCUT2D eigenvalue weighted by molar-refractivity contribution is 7.13. The second-order valence-corrected chi connectivity index (χ2v) is 7.53. The van der Waals surface area contributed by atoms with Crippen LogP contribution < -0.4 is 10.6 Å². The average molecular weight is 415 g/mol. The first-order chi connectivity index (χ1) is 13.6. The number of nitrogens with zero attached hydrogens (tertiary/aromatic N) is 2. The Morgan fingerprint density at radius 2 is 1.79 bits per heavy atom. The van der Waals surface area contributed by atoms with Crippen LogP contribution in [-0.4, -0.2) is 22.0 Å². The fraction of sp³-hybridized carbons (Fsp3) is 0.200. The van der Waals surface area contributed by atoms with E-state index in [0.717, 1.165) is 23.4 Å². The third-order valence-corrected chi connectivity index (χ3v) is 5.28. The number of hydrogen-bond acceptors (Lipinski definition) is 5. The van der Waals surface area contributed by atoms with Gasteiger partial charge in [-0.1, -0.05) is 48.1 Å². The van der Waals surface area contributed by atoms with Crippen molar-refractivity contribution in [2.45, 2.75) is 26.3 Å². The molecule has 0 aliphatic carbocycles. The van der Waals surface area contributed by atoms with Gasteiger partial charge in [-0.05, 0) is 42.3 Å². The van der Waals surface area contributed by atoms with Crippen LogP contribution in [0.4, 0.5) is 5.69 Å². The number of rotatable bonds is 7. The Morgan fingerprint density at radius 3 is 2.50 bits per heavy atom. The van der Waals surface area contributed by atoms with Crippen molar-refractivity contribution in [1.29, 1.82) is 0 Å². The first-order valence-corrected chi connectivity index (χ1v) is 10.0. The maximum Gasteiger partial charge on any atom is 0.286 e. The summed E-state index contributed by atoms with van der Waals surface area (Å²) in [5.41, 5.74) is 1.92. The quantitative estimate of drug-likeness (QED) is 0.602. The molecule has 0 saturated heterocycles. The lowest BCUT2D eigenvalue weighted by molar-refractivity contribution is 0.0950. The van der Waals surface area contributed by atoms with E-state index in [0.29, 0.717) is 27.8 Å². The maximum atomic E-state index is 12.3. The number of carbonyl (C=O) groups is 2. The molecule has 0 aliphatic rings. The Kier molecular flexibility index (Phi) is 6.73. The molecule has 6 nitrogen and oxygen atoms in total. The highest BCUT2D eigenvalue weighted by Crippen LogP contribution is 2.16. The largest absolute Gasteiger partial charge is 0.348 e. The van der Waals surface area contributed by atoms with Crippen molar-refractivity contribution in [3.63, 3.8) is 0 Å². The number of amides is 2. The van der Waals surface area contributed by atoms with Gasteiger partial charge in [-0.2, -0.15) is 0 Å². The van der Waals surface area contributed by atoms with Crippen LogP contribution >= 0.6 is 22.9 Å². The molecule has 144 valence electrons. The predicted octanol–water partition coefficient (Wildman–Crippen LogP) is 4.33. The second-order valence-electron chi connectivity index (χ2n) is 6.06. The number of aromatic nitrogens is 2. The van der Waals surface area contributed by atoms with E-state index in [9.17, 15) is 9.59 Å². The molecular formula is C20H19ClN4O2S. The second kappa shape index (κ2) is 9.43. The Labute approximate surface area is 172 Å². The van der Waals surface area contributed by atoms with E-state index in [2.05, 4.69) is 20.8 Å². The standard InChI is InChI=1S/C20H19ClN4O2S/c1-2-5-17-24-25-20(28-17)19(27)23-15-10-8-13(9-11-15)18(26)22-12-14-6-3-4-7-16(14)21/h3-4,6-11H,2,5,12H2,1H3,(H,22,26)(H,23,27). The van der Waals surface area contributed by atoms with E-state index in [1.807, 2.05) is 25.1 Å². The summed E-state index contributed by atoms with van der Waals surface area (Å²) in [5.74, 6) is -0.526. The van der Waals surface area contributed by atoms with Crippen LogP contribution in [0.1, 0.15) is 44.1 Å². The van der Waals surface area contributed by atoms with Gasteiger partial charge in [-0.3, -0.25) is 9.59 Å². The van der Waals surface area contributed by atoms with Crippen molar-refractivity contribution >= 4 is 40.4 Å². The topological polar surface area (TPSA) is 84.0 Å². The van der Waals surface area contributed by atoms with Crippen LogP contribution in [0.3, 0.4) is 0 Å². The molecule has 2 aromatic carbocycles. The van der Waals surface area contributed by atoms with Crippen molar-refractivity contribution < 1.29 is 9.59 Å². The minimum atomic E-state index is -0.309. The first-order valence-electron chi connectivity index (χ1n) is 8.82. The number of benzene rings is 2. The van der Waals surface area contributed by atoms with Crippen molar-refractivity contribution in [2.75, 3.05) is 5.32 Å².